The summed E-state index contributed by atoms with van der Waals surface area (Å²) < 4.78 is 18.1. The number of hydrogen-bond acceptors (Lipinski definition) is 8. The topological polar surface area (TPSA) is 105 Å². The largest absolute Gasteiger partial charge is 0.453 e. The van der Waals surface area contributed by atoms with Gasteiger partial charge in [-0.2, -0.15) is 0 Å². The van der Waals surface area contributed by atoms with Gasteiger partial charge in [-0.25, -0.2) is 19.2 Å². The Morgan fingerprint density at radius 2 is 0.762 bits per heavy atom. The minimum Gasteiger partial charge on any atom is -0.453 e. The zero-order chi connectivity index (χ0) is 16.5. The van der Waals surface area contributed by atoms with Crippen molar-refractivity contribution >= 4 is 68.1 Å². The fraction of sp³-hybridized carbons (Fsp3) is 0.556. The Morgan fingerprint density at radius 3 is 0.905 bits per heavy atom. The minimum absolute atomic E-state index is 0.534. The van der Waals surface area contributed by atoms with E-state index in [2.05, 4.69) is 18.9 Å². The highest BCUT2D eigenvalue weighted by Crippen LogP contribution is 2.22. The highest BCUT2D eigenvalue weighted by Gasteiger charge is 2.37. The van der Waals surface area contributed by atoms with Gasteiger partial charge in [-0.05, 0) is 0 Å². The van der Waals surface area contributed by atoms with E-state index in [1.54, 1.807) is 0 Å². The van der Waals surface area contributed by atoms with Gasteiger partial charge >= 0.3 is 21.7 Å². The molecule has 12 heteroatoms. The first-order valence-electron chi connectivity index (χ1n) is 4.96. The normalized spacial score (nSPS) is 10.5. The van der Waals surface area contributed by atoms with Gasteiger partial charge in [0.15, 0.2) is 0 Å². The van der Waals surface area contributed by atoms with E-state index in [1.807, 2.05) is 0 Å². The molecule has 0 unspecified atom stereocenters. The third-order valence-electron chi connectivity index (χ3n) is 1.97. The lowest BCUT2D eigenvalue weighted by molar-refractivity contribution is -0.0362. The Balaban J connectivity index is 5.02. The maximum absolute atomic E-state index is 10.6. The zero-order valence-corrected chi connectivity index (χ0v) is 13.1. The van der Waals surface area contributed by atoms with E-state index in [9.17, 15) is 19.2 Å². The fourth-order valence-electron chi connectivity index (χ4n) is 1.09. The van der Waals surface area contributed by atoms with Crippen LogP contribution in [0.25, 0.3) is 0 Å². The van der Waals surface area contributed by atoms with Crippen molar-refractivity contribution in [1.29, 1.82) is 0 Å². The summed E-state index contributed by atoms with van der Waals surface area (Å²) in [5.74, 6) is 0. The molecule has 0 aliphatic carbocycles. The molecule has 0 aliphatic heterocycles. The second kappa shape index (κ2) is 9.88. The first-order chi connectivity index (χ1) is 9.67. The van der Waals surface area contributed by atoms with Gasteiger partial charge in [0.2, 0.25) is 0 Å². The van der Waals surface area contributed by atoms with Gasteiger partial charge in [0.1, 0.15) is 31.8 Å². The highest BCUT2D eigenvalue weighted by molar-refractivity contribution is 6.62. The molecule has 0 aliphatic rings. The van der Waals surface area contributed by atoms with Gasteiger partial charge in [-0.15, -0.1) is 0 Å². The quantitative estimate of drug-likeness (QED) is 0.461. The Morgan fingerprint density at radius 1 is 0.571 bits per heavy atom. The van der Waals surface area contributed by atoms with Crippen LogP contribution in [-0.2, 0) is 18.9 Å². The van der Waals surface area contributed by atoms with E-state index >= 15 is 0 Å². The molecule has 0 amide bonds. The summed E-state index contributed by atoms with van der Waals surface area (Å²) in [4.78, 5) is 42.6. The van der Waals surface area contributed by atoms with Crippen LogP contribution in [0, 0.1) is 5.41 Å². The number of halogens is 4. The van der Waals surface area contributed by atoms with Crippen molar-refractivity contribution in [3.8, 4) is 0 Å². The predicted octanol–water partition coefficient (Wildman–Crippen LogP) is 3.47. The molecule has 0 aromatic rings. The average Bonchev–Trinajstić information content (AvgIpc) is 2.36. The van der Waals surface area contributed by atoms with Gasteiger partial charge in [-0.3, -0.25) is 0 Å². The molecule has 0 heterocycles. The van der Waals surface area contributed by atoms with Crippen molar-refractivity contribution in [2.75, 3.05) is 26.4 Å². The van der Waals surface area contributed by atoms with E-state index in [-0.39, 0.29) is 0 Å². The van der Waals surface area contributed by atoms with Crippen LogP contribution in [-0.4, -0.2) is 48.1 Å². The van der Waals surface area contributed by atoms with E-state index in [0.29, 0.717) is 0 Å². The van der Waals surface area contributed by atoms with Crippen LogP contribution in [0.3, 0.4) is 0 Å². The van der Waals surface area contributed by atoms with E-state index in [0.717, 1.165) is 0 Å². The van der Waals surface area contributed by atoms with Crippen LogP contribution in [0.2, 0.25) is 0 Å². The van der Waals surface area contributed by atoms with Crippen LogP contribution >= 0.6 is 46.4 Å². The summed E-state index contributed by atoms with van der Waals surface area (Å²) in [6.07, 6.45) is 0. The van der Waals surface area contributed by atoms with Crippen molar-refractivity contribution in [3.05, 3.63) is 0 Å². The second-order valence-corrected chi connectivity index (χ2v) is 4.84. The number of ether oxygens (including phenoxy) is 4. The zero-order valence-electron chi connectivity index (χ0n) is 10.1. The lowest BCUT2D eigenvalue weighted by Crippen LogP contribution is -2.42. The molecular weight excluding hydrogens is 378 g/mol. The Hall–Kier alpha value is -0.960. The molecule has 120 valence electrons. The van der Waals surface area contributed by atoms with Crippen molar-refractivity contribution in [1.82, 2.24) is 0 Å². The first-order valence-corrected chi connectivity index (χ1v) is 6.47. The lowest BCUT2D eigenvalue weighted by atomic mass is 9.92. The monoisotopic (exact) mass is 384 g/mol. The molecule has 21 heavy (non-hydrogen) atoms. The molecule has 0 saturated carbocycles. The predicted molar refractivity (Wildman–Crippen MR) is 71.2 cm³/mol. The van der Waals surface area contributed by atoms with Crippen LogP contribution in [0.1, 0.15) is 0 Å². The van der Waals surface area contributed by atoms with Crippen LogP contribution < -0.4 is 0 Å². The summed E-state index contributed by atoms with van der Waals surface area (Å²) in [6.45, 7) is -2.14. The molecule has 0 bridgehead atoms. The Bertz CT molecular complexity index is 335. The minimum atomic E-state index is -1.48. The summed E-state index contributed by atoms with van der Waals surface area (Å²) >= 11 is 20.0. The molecule has 0 saturated heterocycles. The molecule has 0 radical (unpaired) electrons. The molecule has 0 aromatic heterocycles. The Kier molecular flexibility index (Phi) is 9.43. The van der Waals surface area contributed by atoms with Crippen molar-refractivity contribution < 1.29 is 38.1 Å². The molecule has 0 fully saturated rings. The summed E-state index contributed by atoms with van der Waals surface area (Å²) in [7, 11) is 0. The average molecular weight is 386 g/mol. The van der Waals surface area contributed by atoms with Crippen molar-refractivity contribution in [2.24, 2.45) is 5.41 Å². The van der Waals surface area contributed by atoms with Gasteiger partial charge in [-0.1, -0.05) is 0 Å². The molecule has 0 atom stereocenters. The summed E-state index contributed by atoms with van der Waals surface area (Å²) in [5, 5.41) is 0. The third-order valence-corrected chi connectivity index (χ3v) is 2.40. The SMILES string of the molecule is O=C(Cl)OCC(COC(=O)Cl)(COC(=O)Cl)COC(=O)Cl. The molecule has 0 rings (SSSR count). The van der Waals surface area contributed by atoms with Gasteiger partial charge in [0, 0.05) is 46.4 Å². The van der Waals surface area contributed by atoms with Crippen LogP contribution in [0.15, 0.2) is 0 Å². The van der Waals surface area contributed by atoms with Crippen molar-refractivity contribution in [2.45, 2.75) is 0 Å². The Labute approximate surface area is 138 Å². The number of carbonyl (C=O) groups excluding carboxylic acids is 4. The van der Waals surface area contributed by atoms with Gasteiger partial charge in [0.05, 0.1) is 0 Å². The van der Waals surface area contributed by atoms with Crippen LogP contribution in [0.4, 0.5) is 19.2 Å². The molecule has 0 spiro atoms. The van der Waals surface area contributed by atoms with E-state index in [4.69, 9.17) is 46.4 Å². The second-order valence-electron chi connectivity index (χ2n) is 3.61. The molecule has 0 N–H and O–H groups in total. The highest BCUT2D eigenvalue weighted by atomic mass is 35.5. The number of hydrogen-bond donors (Lipinski definition) is 0. The summed E-state index contributed by atoms with van der Waals surface area (Å²) in [5.41, 5.74) is -6.24. The number of carbonyl (C=O) groups is 4. The van der Waals surface area contributed by atoms with Gasteiger partial charge < -0.3 is 18.9 Å². The maximum Gasteiger partial charge on any atom is 0.403 e. The fourth-order valence-corrected chi connectivity index (χ4v) is 1.31. The number of rotatable bonds is 8. The summed E-state index contributed by atoms with van der Waals surface area (Å²) in [6, 6.07) is 0. The standard InChI is InChI=1S/C9H8Cl4O8/c10-5(14)18-1-9(2-19-6(11)15,3-20-7(12)16)4-21-8(13)17/h1-4H2. The smallest absolute Gasteiger partial charge is 0.403 e. The van der Waals surface area contributed by atoms with Crippen LogP contribution in [0.5, 0.6) is 0 Å². The maximum atomic E-state index is 10.6. The molecule has 0 aromatic carbocycles. The third kappa shape index (κ3) is 10.4. The van der Waals surface area contributed by atoms with Crippen molar-refractivity contribution in [3.63, 3.8) is 0 Å². The van der Waals surface area contributed by atoms with E-state index < -0.39 is 53.6 Å². The molecule has 8 nitrogen and oxygen atoms in total. The first kappa shape index (κ1) is 20.0. The van der Waals surface area contributed by atoms with E-state index in [1.165, 1.54) is 0 Å². The molecular formula is C9H8Cl4O8. The van der Waals surface area contributed by atoms with Gasteiger partial charge in [0.25, 0.3) is 0 Å². The lowest BCUT2D eigenvalue weighted by Gasteiger charge is -2.30.